The van der Waals surface area contributed by atoms with E-state index in [1.54, 1.807) is 16.9 Å². The van der Waals surface area contributed by atoms with Gasteiger partial charge in [-0.05, 0) is 22.0 Å². The molecule has 6 nitrogen and oxygen atoms in total. The molecule has 0 saturated heterocycles. The van der Waals surface area contributed by atoms with Gasteiger partial charge in [-0.2, -0.15) is 5.10 Å². The van der Waals surface area contributed by atoms with Crippen LogP contribution in [-0.4, -0.2) is 15.7 Å². The van der Waals surface area contributed by atoms with E-state index in [0.29, 0.717) is 17.9 Å². The third-order valence-corrected chi connectivity index (χ3v) is 2.38. The first-order valence-corrected chi connectivity index (χ1v) is 5.24. The van der Waals surface area contributed by atoms with E-state index >= 15 is 0 Å². The van der Waals surface area contributed by atoms with Crippen molar-refractivity contribution in [1.29, 1.82) is 0 Å². The molecule has 7 heteroatoms. The van der Waals surface area contributed by atoms with Crippen LogP contribution in [0.15, 0.2) is 33.6 Å². The van der Waals surface area contributed by atoms with Gasteiger partial charge in [0.05, 0.1) is 22.8 Å². The van der Waals surface area contributed by atoms with E-state index in [4.69, 9.17) is 10.3 Å². The number of nitrogens with zero attached hydrogens (tertiary/aromatic N) is 2. The molecule has 3 N–H and O–H groups in total. The van der Waals surface area contributed by atoms with Crippen LogP contribution in [0.1, 0.15) is 16.1 Å². The number of carbonyl (C=O) groups excluding carboxylic acids is 1. The largest absolute Gasteiger partial charge is 0.467 e. The van der Waals surface area contributed by atoms with Gasteiger partial charge in [0.25, 0.3) is 5.91 Å². The molecule has 0 unspecified atom stereocenters. The lowest BCUT2D eigenvalue weighted by Crippen LogP contribution is -2.29. The fraction of sp³-hybridized carbons (Fsp3) is 0.111. The van der Waals surface area contributed by atoms with Crippen LogP contribution in [-0.2, 0) is 6.54 Å². The van der Waals surface area contributed by atoms with E-state index in [0.717, 1.165) is 4.47 Å². The van der Waals surface area contributed by atoms with Gasteiger partial charge >= 0.3 is 0 Å². The number of hydrogen-bond donors (Lipinski definition) is 2. The summed E-state index contributed by atoms with van der Waals surface area (Å²) in [7, 11) is 0. The molecule has 2 rings (SSSR count). The fourth-order valence-corrected chi connectivity index (χ4v) is 1.58. The summed E-state index contributed by atoms with van der Waals surface area (Å²) in [6.45, 7) is 0.462. The number of amides is 1. The normalized spacial score (nSPS) is 10.4. The van der Waals surface area contributed by atoms with E-state index in [9.17, 15) is 4.79 Å². The van der Waals surface area contributed by atoms with Crippen LogP contribution >= 0.6 is 15.9 Å². The van der Waals surface area contributed by atoms with Crippen molar-refractivity contribution < 1.29 is 9.21 Å². The molecule has 2 aromatic rings. The molecule has 0 aliphatic rings. The molecule has 1 amide bonds. The second kappa shape index (κ2) is 4.50. The van der Waals surface area contributed by atoms with Gasteiger partial charge in [-0.1, -0.05) is 0 Å². The Bertz CT molecular complexity index is 505. The Balaban J connectivity index is 2.11. The van der Waals surface area contributed by atoms with Gasteiger partial charge in [0, 0.05) is 6.20 Å². The summed E-state index contributed by atoms with van der Waals surface area (Å²) >= 11 is 3.29. The average molecular weight is 285 g/mol. The Morgan fingerprint density at radius 2 is 2.50 bits per heavy atom. The van der Waals surface area contributed by atoms with Crippen LogP contribution in [0.25, 0.3) is 0 Å². The quantitative estimate of drug-likeness (QED) is 0.498. The van der Waals surface area contributed by atoms with Crippen molar-refractivity contribution >= 4 is 21.8 Å². The average Bonchev–Trinajstić information content (AvgIpc) is 2.87. The zero-order chi connectivity index (χ0) is 11.5. The monoisotopic (exact) mass is 284 g/mol. The maximum Gasteiger partial charge on any atom is 0.268 e. The minimum atomic E-state index is -0.378. The maximum atomic E-state index is 11.2. The van der Waals surface area contributed by atoms with Crippen LogP contribution < -0.4 is 11.3 Å². The predicted molar refractivity (Wildman–Crippen MR) is 59.4 cm³/mol. The second-order valence-electron chi connectivity index (χ2n) is 3.13. The zero-order valence-corrected chi connectivity index (χ0v) is 9.77. The third-order valence-electron chi connectivity index (χ3n) is 1.97. The van der Waals surface area contributed by atoms with Crippen molar-refractivity contribution in [1.82, 2.24) is 15.2 Å². The number of rotatable bonds is 3. The molecule has 16 heavy (non-hydrogen) atoms. The summed E-state index contributed by atoms with van der Waals surface area (Å²) in [4.78, 5) is 11.2. The van der Waals surface area contributed by atoms with E-state index in [1.165, 1.54) is 6.26 Å². The number of furan rings is 1. The zero-order valence-electron chi connectivity index (χ0n) is 8.18. The van der Waals surface area contributed by atoms with Crippen LogP contribution in [0, 0.1) is 0 Å². The molecule has 84 valence electrons. The molecule has 0 aliphatic carbocycles. The number of hydrogen-bond acceptors (Lipinski definition) is 4. The summed E-state index contributed by atoms with van der Waals surface area (Å²) in [6, 6.07) is 1.62. The smallest absolute Gasteiger partial charge is 0.268 e. The molecule has 0 saturated carbocycles. The van der Waals surface area contributed by atoms with Gasteiger partial charge in [0.2, 0.25) is 0 Å². The highest BCUT2D eigenvalue weighted by molar-refractivity contribution is 9.10. The number of nitrogens with one attached hydrogen (secondary N) is 1. The second-order valence-corrected chi connectivity index (χ2v) is 4.05. The van der Waals surface area contributed by atoms with Crippen molar-refractivity contribution in [3.8, 4) is 0 Å². The van der Waals surface area contributed by atoms with Crippen LogP contribution in [0.2, 0.25) is 0 Å². The Morgan fingerprint density at radius 1 is 1.69 bits per heavy atom. The number of nitrogen functional groups attached to an aromatic ring is 1. The Kier molecular flexibility index (Phi) is 3.07. The molecular weight excluding hydrogens is 276 g/mol. The molecule has 0 atom stereocenters. The molecule has 2 aromatic heterocycles. The Hall–Kier alpha value is -1.60. The summed E-state index contributed by atoms with van der Waals surface area (Å²) in [5.41, 5.74) is 2.43. The maximum absolute atomic E-state index is 11.2. The molecule has 0 fully saturated rings. The highest BCUT2D eigenvalue weighted by Crippen LogP contribution is 2.11. The lowest BCUT2D eigenvalue weighted by atomic mass is 10.3. The summed E-state index contributed by atoms with van der Waals surface area (Å²) < 4.78 is 7.78. The van der Waals surface area contributed by atoms with E-state index in [1.807, 2.05) is 11.6 Å². The highest BCUT2D eigenvalue weighted by Gasteiger charge is 2.09. The predicted octanol–water partition coefficient (Wildman–Crippen LogP) is 0.890. The summed E-state index contributed by atoms with van der Waals surface area (Å²) in [5.74, 6) is 5.26. The number of aromatic nitrogens is 2. The lowest BCUT2D eigenvalue weighted by Gasteiger charge is -1.95. The van der Waals surface area contributed by atoms with Gasteiger partial charge in [-0.3, -0.25) is 14.9 Å². The van der Waals surface area contributed by atoms with Crippen molar-refractivity contribution in [2.24, 2.45) is 5.84 Å². The molecular formula is C9H9BrN4O2. The first-order valence-electron chi connectivity index (χ1n) is 4.45. The minimum Gasteiger partial charge on any atom is -0.467 e. The number of halogens is 1. The van der Waals surface area contributed by atoms with E-state index < -0.39 is 0 Å². The third kappa shape index (κ3) is 2.31. The topological polar surface area (TPSA) is 86.1 Å². The summed E-state index contributed by atoms with van der Waals surface area (Å²) in [5, 5.41) is 4.07. The van der Waals surface area contributed by atoms with E-state index in [-0.39, 0.29) is 5.91 Å². The van der Waals surface area contributed by atoms with Gasteiger partial charge in [-0.25, -0.2) is 5.84 Å². The first-order chi connectivity index (χ1) is 7.69. The lowest BCUT2D eigenvalue weighted by molar-refractivity contribution is 0.0953. The van der Waals surface area contributed by atoms with Crippen molar-refractivity contribution in [3.05, 3.63) is 40.5 Å². The van der Waals surface area contributed by atoms with Gasteiger partial charge in [0.1, 0.15) is 12.0 Å². The van der Waals surface area contributed by atoms with Crippen molar-refractivity contribution in [2.75, 3.05) is 0 Å². The Labute approximate surface area is 99.5 Å². The number of nitrogens with two attached hydrogens (primary N) is 1. The standard InChI is InChI=1S/C9H9BrN4O2/c10-7-2-12-14(3-7)4-8-1-6(5-16-8)9(15)13-11/h1-3,5H,4,11H2,(H,13,15). The van der Waals surface area contributed by atoms with Crippen LogP contribution in [0.3, 0.4) is 0 Å². The SMILES string of the molecule is NNC(=O)c1coc(Cn2cc(Br)cn2)c1. The molecule has 0 aromatic carbocycles. The number of carbonyl (C=O) groups is 1. The van der Waals surface area contributed by atoms with Gasteiger partial charge in [0.15, 0.2) is 0 Å². The molecule has 0 spiro atoms. The summed E-state index contributed by atoms with van der Waals surface area (Å²) in [6.07, 6.45) is 4.84. The van der Waals surface area contributed by atoms with Crippen molar-refractivity contribution in [3.63, 3.8) is 0 Å². The van der Waals surface area contributed by atoms with Crippen LogP contribution in [0.5, 0.6) is 0 Å². The van der Waals surface area contributed by atoms with Gasteiger partial charge in [-0.15, -0.1) is 0 Å². The van der Waals surface area contributed by atoms with E-state index in [2.05, 4.69) is 21.0 Å². The highest BCUT2D eigenvalue weighted by atomic mass is 79.9. The minimum absolute atomic E-state index is 0.378. The van der Waals surface area contributed by atoms with Crippen molar-refractivity contribution in [2.45, 2.75) is 6.54 Å². The first kappa shape index (κ1) is 10.9. The molecule has 0 bridgehead atoms. The Morgan fingerprint density at radius 3 is 3.12 bits per heavy atom. The molecule has 0 aliphatic heterocycles. The molecule has 2 heterocycles. The molecule has 0 radical (unpaired) electrons. The fourth-order valence-electron chi connectivity index (χ4n) is 1.25. The number of hydrazine groups is 1. The van der Waals surface area contributed by atoms with Gasteiger partial charge < -0.3 is 4.42 Å². The van der Waals surface area contributed by atoms with Crippen LogP contribution in [0.4, 0.5) is 0 Å².